The van der Waals surface area contributed by atoms with E-state index < -0.39 is 34.2 Å². The molecular weight excluding hydrogens is 466 g/mol. The van der Waals surface area contributed by atoms with E-state index in [0.29, 0.717) is 32.8 Å². The van der Waals surface area contributed by atoms with Gasteiger partial charge in [-0.15, -0.1) is 0 Å². The molecule has 1 saturated heterocycles. The van der Waals surface area contributed by atoms with Gasteiger partial charge >= 0.3 is 5.97 Å². The fraction of sp³-hybridized carbons (Fsp3) is 0.591. The van der Waals surface area contributed by atoms with Crippen molar-refractivity contribution < 1.29 is 36.8 Å². The molecule has 0 saturated carbocycles. The van der Waals surface area contributed by atoms with E-state index in [1.165, 1.54) is 0 Å². The number of carboxylic acid groups (broad SMARTS) is 1. The number of hydrogen-bond acceptors (Lipinski definition) is 9. The highest BCUT2D eigenvalue weighted by atomic mass is 32.2. The van der Waals surface area contributed by atoms with Crippen molar-refractivity contribution in [3.63, 3.8) is 0 Å². The molecule has 2 aliphatic heterocycles. The lowest BCUT2D eigenvalue weighted by Crippen LogP contribution is -2.41. The minimum absolute atomic E-state index is 0.00293. The van der Waals surface area contributed by atoms with Crippen LogP contribution in [-0.2, 0) is 31.2 Å². The Morgan fingerprint density at radius 1 is 1.18 bits per heavy atom. The lowest BCUT2D eigenvalue weighted by atomic mass is 9.89. The minimum Gasteiger partial charge on any atom is -0.481 e. The van der Waals surface area contributed by atoms with Crippen LogP contribution in [0.3, 0.4) is 0 Å². The Kier molecular flexibility index (Phi) is 8.77. The minimum atomic E-state index is -3.00. The summed E-state index contributed by atoms with van der Waals surface area (Å²) >= 11 is 0. The summed E-state index contributed by atoms with van der Waals surface area (Å²) in [4.78, 5) is 42.0. The first kappa shape index (κ1) is 26.2. The molecule has 2 aliphatic rings. The zero-order chi connectivity index (χ0) is 24.9. The zero-order valence-electron chi connectivity index (χ0n) is 19.4. The zero-order valence-corrected chi connectivity index (χ0v) is 20.3. The van der Waals surface area contributed by atoms with Crippen molar-refractivity contribution in [2.45, 2.75) is 26.8 Å². The van der Waals surface area contributed by atoms with Gasteiger partial charge in [-0.25, -0.2) is 8.42 Å². The van der Waals surface area contributed by atoms with Crippen molar-refractivity contribution >= 4 is 28.8 Å². The molecule has 11 nitrogen and oxygen atoms in total. The number of imide groups is 1. The number of thiol groups is 1. The van der Waals surface area contributed by atoms with E-state index in [1.807, 2.05) is 4.90 Å². The second-order valence-corrected chi connectivity index (χ2v) is 10.0. The first-order valence-electron chi connectivity index (χ1n) is 11.1. The van der Waals surface area contributed by atoms with Crippen molar-refractivity contribution in [3.8, 4) is 0 Å². The number of aliphatic carboxylic acids is 1. The highest BCUT2D eigenvalue weighted by molar-refractivity contribution is 7.67. The normalized spacial score (nSPS) is 17.1. The number of nitrogens with zero attached hydrogens (tertiary/aromatic N) is 3. The first-order valence-corrected chi connectivity index (χ1v) is 12.2. The highest BCUT2D eigenvalue weighted by Gasteiger charge is 2.39. The maximum absolute atomic E-state index is 13.0. The van der Waals surface area contributed by atoms with Crippen LogP contribution < -0.4 is 0 Å². The molecule has 0 unspecified atom stereocenters. The molecule has 34 heavy (non-hydrogen) atoms. The van der Waals surface area contributed by atoms with Gasteiger partial charge in [0.2, 0.25) is 0 Å². The van der Waals surface area contributed by atoms with E-state index in [1.54, 1.807) is 32.0 Å². The number of morpholine rings is 1. The molecule has 2 amide bonds. The number of amides is 2. The maximum atomic E-state index is 13.0. The van der Waals surface area contributed by atoms with Gasteiger partial charge in [-0.3, -0.25) is 33.3 Å². The third kappa shape index (κ3) is 7.06. The fourth-order valence-corrected chi connectivity index (χ4v) is 4.41. The van der Waals surface area contributed by atoms with Gasteiger partial charge in [0.05, 0.1) is 30.8 Å². The van der Waals surface area contributed by atoms with Crippen molar-refractivity contribution in [3.05, 3.63) is 34.9 Å². The summed E-state index contributed by atoms with van der Waals surface area (Å²) in [5, 5.41) is 9.10. The van der Waals surface area contributed by atoms with Crippen molar-refractivity contribution in [2.75, 3.05) is 52.7 Å². The Labute approximate surface area is 200 Å². The maximum Gasteiger partial charge on any atom is 0.303 e. The van der Waals surface area contributed by atoms with Crippen molar-refractivity contribution in [1.29, 1.82) is 0 Å². The van der Waals surface area contributed by atoms with Gasteiger partial charge in [0.15, 0.2) is 0 Å². The molecule has 0 bridgehead atoms. The van der Waals surface area contributed by atoms with Crippen LogP contribution in [0, 0.1) is 5.41 Å². The van der Waals surface area contributed by atoms with Crippen LogP contribution in [0.25, 0.3) is 0 Å². The number of carbonyl (C=O) groups is 3. The molecule has 0 atom stereocenters. The largest absolute Gasteiger partial charge is 0.481 e. The number of carbonyl (C=O) groups excluding carboxylic acids is 2. The van der Waals surface area contributed by atoms with Gasteiger partial charge < -0.3 is 9.84 Å². The molecule has 0 spiro atoms. The van der Waals surface area contributed by atoms with Gasteiger partial charge in [0, 0.05) is 39.3 Å². The van der Waals surface area contributed by atoms with E-state index in [0.717, 1.165) is 23.6 Å². The van der Waals surface area contributed by atoms with Gasteiger partial charge in [0.25, 0.3) is 22.8 Å². The Balaban J connectivity index is 1.70. The van der Waals surface area contributed by atoms with Crippen LogP contribution in [0.1, 0.15) is 46.5 Å². The SMILES string of the molecule is CC(C)(CC(=O)O)CN1C(=O)c2ccc(CN(CCN3CCOCC3)CO[SH](=O)=O)cc2C1=O. The van der Waals surface area contributed by atoms with Crippen LogP contribution >= 0.6 is 0 Å². The van der Waals surface area contributed by atoms with E-state index in [9.17, 15) is 22.8 Å². The second-order valence-electron chi connectivity index (χ2n) is 9.30. The molecule has 1 N–H and O–H groups in total. The molecule has 0 aromatic heterocycles. The number of carboxylic acids is 1. The average Bonchev–Trinajstić information content (AvgIpc) is 2.99. The molecule has 3 rings (SSSR count). The predicted octanol–water partition coefficient (Wildman–Crippen LogP) is 0.418. The topological polar surface area (TPSA) is 134 Å². The van der Waals surface area contributed by atoms with Crippen LogP contribution in [0.2, 0.25) is 0 Å². The van der Waals surface area contributed by atoms with E-state index in [2.05, 4.69) is 4.90 Å². The quantitative estimate of drug-likeness (QED) is 0.238. The Morgan fingerprint density at radius 3 is 2.50 bits per heavy atom. The molecule has 2 heterocycles. The summed E-state index contributed by atoms with van der Waals surface area (Å²) in [6.07, 6.45) is -0.175. The number of rotatable bonds is 12. The second kappa shape index (κ2) is 11.4. The van der Waals surface area contributed by atoms with Gasteiger partial charge in [-0.05, 0) is 23.1 Å². The third-order valence-electron chi connectivity index (χ3n) is 5.84. The summed E-state index contributed by atoms with van der Waals surface area (Å²) in [5.41, 5.74) is 0.499. The lowest BCUT2D eigenvalue weighted by molar-refractivity contribution is -0.139. The van der Waals surface area contributed by atoms with Crippen molar-refractivity contribution in [2.24, 2.45) is 5.41 Å². The molecule has 1 aromatic rings. The van der Waals surface area contributed by atoms with Crippen LogP contribution in [-0.4, -0.2) is 98.7 Å². The highest BCUT2D eigenvalue weighted by Crippen LogP contribution is 2.30. The number of ether oxygens (including phenoxy) is 1. The van der Waals surface area contributed by atoms with E-state index in [4.69, 9.17) is 14.0 Å². The number of benzene rings is 1. The summed E-state index contributed by atoms with van der Waals surface area (Å²) < 4.78 is 32.1. The molecule has 1 fully saturated rings. The Morgan fingerprint density at radius 2 is 1.85 bits per heavy atom. The lowest BCUT2D eigenvalue weighted by Gasteiger charge is -2.29. The van der Waals surface area contributed by atoms with Crippen LogP contribution in [0.5, 0.6) is 0 Å². The summed E-state index contributed by atoms with van der Waals surface area (Å²) in [6.45, 7) is 7.76. The number of hydrogen-bond donors (Lipinski definition) is 2. The van der Waals surface area contributed by atoms with Crippen LogP contribution in [0.4, 0.5) is 0 Å². The van der Waals surface area contributed by atoms with E-state index >= 15 is 0 Å². The summed E-state index contributed by atoms with van der Waals surface area (Å²) in [5.74, 6) is -1.90. The summed E-state index contributed by atoms with van der Waals surface area (Å²) in [7, 11) is -3.00. The van der Waals surface area contributed by atoms with Crippen LogP contribution in [0.15, 0.2) is 18.2 Å². The Bertz CT molecular complexity index is 996. The van der Waals surface area contributed by atoms with E-state index in [-0.39, 0.29) is 30.8 Å². The standard InChI is InChI=1S/C22H31N3O8S/c1-22(2,12-19(26)27)14-25-20(28)17-4-3-16(11-18(17)21(25)29)13-24(15-33-34(30)31)6-5-23-7-9-32-10-8-23/h3-4,11,34H,5-10,12-15H2,1-2H3,(H,26,27). The summed E-state index contributed by atoms with van der Waals surface area (Å²) in [6, 6.07) is 4.96. The predicted molar refractivity (Wildman–Crippen MR) is 122 cm³/mol. The smallest absolute Gasteiger partial charge is 0.303 e. The van der Waals surface area contributed by atoms with Gasteiger partial charge in [-0.1, -0.05) is 19.9 Å². The fourth-order valence-electron chi connectivity index (χ4n) is 4.16. The van der Waals surface area contributed by atoms with Gasteiger partial charge in [-0.2, -0.15) is 0 Å². The molecule has 0 aliphatic carbocycles. The Hall–Kier alpha value is -2.38. The molecular formula is C22H31N3O8S. The third-order valence-corrected chi connectivity index (χ3v) is 6.17. The average molecular weight is 498 g/mol. The molecule has 1 aromatic carbocycles. The van der Waals surface area contributed by atoms with Crippen molar-refractivity contribution in [1.82, 2.24) is 14.7 Å². The van der Waals surface area contributed by atoms with Gasteiger partial charge in [0.1, 0.15) is 6.73 Å². The number of fused-ring (bicyclic) bond motifs is 1. The molecule has 188 valence electrons. The molecule has 0 radical (unpaired) electrons. The first-order chi connectivity index (χ1) is 16.1. The molecule has 12 heteroatoms. The monoisotopic (exact) mass is 497 g/mol.